The number of halogens is 1. The van der Waals surface area contributed by atoms with Crippen LogP contribution in [0.15, 0.2) is 67.1 Å². The lowest BCUT2D eigenvalue weighted by Gasteiger charge is -2.27. The number of aromatic nitrogens is 3. The van der Waals surface area contributed by atoms with E-state index in [9.17, 15) is 14.0 Å². The molecule has 0 saturated heterocycles. The molecule has 0 aliphatic carbocycles. The van der Waals surface area contributed by atoms with Crippen LogP contribution in [-0.2, 0) is 4.74 Å². The molecule has 0 saturated carbocycles. The number of carbonyl (C=O) groups excluding carboxylic acids is 2. The highest BCUT2D eigenvalue weighted by atomic mass is 19.1. The van der Waals surface area contributed by atoms with E-state index < -0.39 is 6.09 Å². The van der Waals surface area contributed by atoms with Crippen molar-refractivity contribution in [1.82, 2.24) is 14.4 Å². The maximum Gasteiger partial charge on any atom is 0.412 e. The average Bonchev–Trinajstić information content (AvgIpc) is 3.24. The molecule has 3 aromatic heterocycles. The monoisotopic (exact) mass is 447 g/mol. The molecule has 4 rings (SSSR count). The van der Waals surface area contributed by atoms with Crippen molar-refractivity contribution < 1.29 is 18.7 Å². The molecule has 0 spiro atoms. The highest BCUT2D eigenvalue weighted by Gasteiger charge is 2.22. The van der Waals surface area contributed by atoms with Gasteiger partial charge in [0.2, 0.25) is 0 Å². The first-order valence-corrected chi connectivity index (χ1v) is 10.2. The number of amides is 2. The first-order chi connectivity index (χ1) is 15.9. The predicted octanol–water partition coefficient (Wildman–Crippen LogP) is 4.77. The van der Waals surface area contributed by atoms with Gasteiger partial charge in [0, 0.05) is 29.7 Å². The van der Waals surface area contributed by atoms with Gasteiger partial charge in [-0.3, -0.25) is 14.5 Å². The zero-order valence-corrected chi connectivity index (χ0v) is 18.3. The highest BCUT2D eigenvalue weighted by Crippen LogP contribution is 2.24. The number of hydrogen-bond donors (Lipinski definition) is 1. The normalized spacial score (nSPS) is 10.9. The van der Waals surface area contributed by atoms with Crippen LogP contribution >= 0.6 is 0 Å². The molecule has 0 aliphatic heterocycles. The Bertz CT molecular complexity index is 1300. The third-order valence-corrected chi connectivity index (χ3v) is 5.07. The van der Waals surface area contributed by atoms with Crippen molar-refractivity contribution in [3.8, 4) is 11.3 Å². The Hall–Kier alpha value is -4.27. The number of fused-ring (bicyclic) bond motifs is 1. The summed E-state index contributed by atoms with van der Waals surface area (Å²) >= 11 is 0. The van der Waals surface area contributed by atoms with Gasteiger partial charge >= 0.3 is 6.09 Å². The minimum Gasteiger partial charge on any atom is -0.453 e. The zero-order valence-electron chi connectivity index (χ0n) is 18.3. The summed E-state index contributed by atoms with van der Waals surface area (Å²) in [7, 11) is 1.28. The number of rotatable bonds is 5. The summed E-state index contributed by atoms with van der Waals surface area (Å²) in [5, 5.41) is 2.50. The number of anilines is 2. The van der Waals surface area contributed by atoms with Crippen LogP contribution in [-0.4, -0.2) is 39.5 Å². The van der Waals surface area contributed by atoms with Crippen LogP contribution in [0.2, 0.25) is 0 Å². The van der Waals surface area contributed by atoms with E-state index in [1.54, 1.807) is 64.3 Å². The van der Waals surface area contributed by atoms with E-state index in [2.05, 4.69) is 20.0 Å². The van der Waals surface area contributed by atoms with Gasteiger partial charge in [0.05, 0.1) is 24.6 Å². The van der Waals surface area contributed by atoms with Crippen LogP contribution in [0.4, 0.5) is 20.7 Å². The maximum atomic E-state index is 13.4. The number of benzene rings is 1. The second-order valence-corrected chi connectivity index (χ2v) is 7.58. The van der Waals surface area contributed by atoms with Crippen molar-refractivity contribution >= 4 is 29.2 Å². The second kappa shape index (κ2) is 9.07. The van der Waals surface area contributed by atoms with Crippen molar-refractivity contribution in [3.05, 3.63) is 78.5 Å². The number of carbonyl (C=O) groups is 2. The summed E-state index contributed by atoms with van der Waals surface area (Å²) in [5.41, 5.74) is 3.21. The van der Waals surface area contributed by atoms with E-state index in [-0.39, 0.29) is 17.8 Å². The molecule has 9 heteroatoms. The SMILES string of the molecule is COC(=O)Nc1ccc(-c2cnc3ccc(C(=O)N(c4ccc(F)cc4)C(C)C)cn23)cn1. The van der Waals surface area contributed by atoms with Crippen molar-refractivity contribution in [3.63, 3.8) is 0 Å². The van der Waals surface area contributed by atoms with Gasteiger partial charge in [-0.2, -0.15) is 0 Å². The number of ether oxygens (including phenoxy) is 1. The van der Waals surface area contributed by atoms with Gasteiger partial charge < -0.3 is 9.64 Å². The molecule has 0 bridgehead atoms. The quantitative estimate of drug-likeness (QED) is 0.476. The zero-order chi connectivity index (χ0) is 23.5. The Morgan fingerprint density at radius 1 is 1.03 bits per heavy atom. The van der Waals surface area contributed by atoms with Gasteiger partial charge in [-0.15, -0.1) is 0 Å². The molecule has 0 unspecified atom stereocenters. The maximum absolute atomic E-state index is 13.4. The molecule has 3 heterocycles. The molecule has 2 amide bonds. The molecule has 0 radical (unpaired) electrons. The minimum atomic E-state index is -0.607. The van der Waals surface area contributed by atoms with Crippen molar-refractivity contribution in [2.75, 3.05) is 17.3 Å². The van der Waals surface area contributed by atoms with E-state index in [0.29, 0.717) is 22.7 Å². The molecule has 1 N–H and O–H groups in total. The topological polar surface area (TPSA) is 88.8 Å². The van der Waals surface area contributed by atoms with Crippen LogP contribution in [0, 0.1) is 5.82 Å². The van der Waals surface area contributed by atoms with Gasteiger partial charge in [0.1, 0.15) is 17.3 Å². The molecule has 1 aromatic carbocycles. The molecule has 33 heavy (non-hydrogen) atoms. The average molecular weight is 447 g/mol. The van der Waals surface area contributed by atoms with Crippen LogP contribution in [0.3, 0.4) is 0 Å². The summed E-state index contributed by atoms with van der Waals surface area (Å²) in [5.74, 6) is -0.225. The molecule has 4 aromatic rings. The molecule has 168 valence electrons. The third-order valence-electron chi connectivity index (χ3n) is 5.07. The Kier molecular flexibility index (Phi) is 6.03. The standard InChI is InChI=1S/C24H22FN5O3/c1-15(2)30(19-8-6-18(25)7-9-19)23(31)17-5-11-22-27-13-20(29(22)14-17)16-4-10-21(26-12-16)28-24(32)33-3/h4-15H,1-3H3,(H,26,28,32). The van der Waals surface area contributed by atoms with Crippen molar-refractivity contribution in [2.24, 2.45) is 0 Å². The predicted molar refractivity (Wildman–Crippen MR) is 123 cm³/mol. The molecule has 0 fully saturated rings. The fourth-order valence-corrected chi connectivity index (χ4v) is 3.49. The van der Waals surface area contributed by atoms with E-state index in [1.165, 1.54) is 19.2 Å². The number of hydrogen-bond acceptors (Lipinski definition) is 5. The summed E-state index contributed by atoms with van der Waals surface area (Å²) in [6.45, 7) is 3.80. The van der Waals surface area contributed by atoms with Crippen molar-refractivity contribution in [2.45, 2.75) is 19.9 Å². The molecular weight excluding hydrogens is 425 g/mol. The van der Waals surface area contributed by atoms with E-state index >= 15 is 0 Å². The smallest absolute Gasteiger partial charge is 0.412 e. The first-order valence-electron chi connectivity index (χ1n) is 10.2. The van der Waals surface area contributed by atoms with Gasteiger partial charge in [0.25, 0.3) is 5.91 Å². The first kappa shape index (κ1) is 21.9. The third kappa shape index (κ3) is 4.52. The summed E-state index contributed by atoms with van der Waals surface area (Å²) in [6, 6.07) is 12.6. The van der Waals surface area contributed by atoms with Crippen LogP contribution in [0.25, 0.3) is 16.9 Å². The summed E-state index contributed by atoms with van der Waals surface area (Å²) in [4.78, 5) is 35.0. The Labute approximate surface area is 189 Å². The molecule has 8 nitrogen and oxygen atoms in total. The highest BCUT2D eigenvalue weighted by molar-refractivity contribution is 6.06. The van der Waals surface area contributed by atoms with Gasteiger partial charge in [-0.1, -0.05) is 0 Å². The second-order valence-electron chi connectivity index (χ2n) is 7.58. The fraction of sp³-hybridized carbons (Fsp3) is 0.167. The summed E-state index contributed by atoms with van der Waals surface area (Å²) in [6.07, 6.45) is 4.40. The number of imidazole rings is 1. The van der Waals surface area contributed by atoms with Gasteiger partial charge in [-0.05, 0) is 62.4 Å². The number of methoxy groups -OCH3 is 1. The molecule has 0 atom stereocenters. The Balaban J connectivity index is 1.68. The summed E-state index contributed by atoms with van der Waals surface area (Å²) < 4.78 is 19.8. The van der Waals surface area contributed by atoms with Gasteiger partial charge in [-0.25, -0.2) is 19.2 Å². The lowest BCUT2D eigenvalue weighted by Crippen LogP contribution is -2.37. The van der Waals surface area contributed by atoms with Crippen LogP contribution in [0.1, 0.15) is 24.2 Å². The fourth-order valence-electron chi connectivity index (χ4n) is 3.49. The largest absolute Gasteiger partial charge is 0.453 e. The number of nitrogens with one attached hydrogen (secondary N) is 1. The van der Waals surface area contributed by atoms with E-state index in [0.717, 1.165) is 11.3 Å². The lowest BCUT2D eigenvalue weighted by atomic mass is 10.1. The van der Waals surface area contributed by atoms with E-state index in [1.807, 2.05) is 13.8 Å². The number of nitrogens with zero attached hydrogens (tertiary/aromatic N) is 4. The Morgan fingerprint density at radius 2 is 1.79 bits per heavy atom. The number of pyridine rings is 2. The molecule has 0 aliphatic rings. The minimum absolute atomic E-state index is 0.139. The van der Waals surface area contributed by atoms with Crippen LogP contribution in [0.5, 0.6) is 0 Å². The molecular formula is C24H22FN5O3. The Morgan fingerprint density at radius 3 is 2.42 bits per heavy atom. The lowest BCUT2D eigenvalue weighted by molar-refractivity contribution is 0.0979. The van der Waals surface area contributed by atoms with E-state index in [4.69, 9.17) is 0 Å². The van der Waals surface area contributed by atoms with Crippen molar-refractivity contribution in [1.29, 1.82) is 0 Å². The van der Waals surface area contributed by atoms with Gasteiger partial charge in [0.15, 0.2) is 0 Å². The van der Waals surface area contributed by atoms with Crippen LogP contribution < -0.4 is 10.2 Å².